The summed E-state index contributed by atoms with van der Waals surface area (Å²) in [5, 5.41) is 0. The maximum Gasteiger partial charge on any atom is 0.337 e. The maximum atomic E-state index is 12.5. The Bertz CT molecular complexity index is 403. The van der Waals surface area contributed by atoms with E-state index in [1.54, 1.807) is 26.2 Å². The number of hydrogen-bond acceptors (Lipinski definition) is 4. The summed E-state index contributed by atoms with van der Waals surface area (Å²) in [7, 11) is -3.11. The number of halogens is 1. The third kappa shape index (κ3) is 3.88. The van der Waals surface area contributed by atoms with Crippen LogP contribution in [0.3, 0.4) is 0 Å². The molecule has 0 saturated heterocycles. The molecule has 0 fully saturated rings. The Balaban J connectivity index is 2.99. The average molecular weight is 322 g/mol. The van der Waals surface area contributed by atoms with E-state index in [9.17, 15) is 4.57 Å². The quantitative estimate of drug-likeness (QED) is 0.738. The minimum Gasteiger partial charge on any atom is -0.308 e. The molecule has 0 radical (unpaired) electrons. The summed E-state index contributed by atoms with van der Waals surface area (Å²) in [5.41, 5.74) is 0.511. The van der Waals surface area contributed by atoms with Crippen molar-refractivity contribution < 1.29 is 13.6 Å². The smallest absolute Gasteiger partial charge is 0.308 e. The van der Waals surface area contributed by atoms with E-state index in [2.05, 4.69) is 20.9 Å². The second-order valence-electron chi connectivity index (χ2n) is 3.49. The lowest BCUT2D eigenvalue weighted by atomic mass is 10.2. The lowest BCUT2D eigenvalue weighted by molar-refractivity contribution is 0.213. The Morgan fingerprint density at radius 1 is 1.35 bits per heavy atom. The zero-order chi connectivity index (χ0) is 12.9. The van der Waals surface area contributed by atoms with Crippen LogP contribution < -0.4 is 0 Å². The summed E-state index contributed by atoms with van der Waals surface area (Å²) in [6.45, 7) is 6.16. The van der Waals surface area contributed by atoms with E-state index >= 15 is 0 Å². The van der Waals surface area contributed by atoms with Crippen molar-refractivity contribution in [2.45, 2.75) is 26.4 Å². The van der Waals surface area contributed by atoms with Crippen molar-refractivity contribution in [1.29, 1.82) is 0 Å². The monoisotopic (exact) mass is 321 g/mol. The first-order chi connectivity index (χ1) is 8.03. The molecule has 0 aromatic carbocycles. The maximum absolute atomic E-state index is 12.5. The van der Waals surface area contributed by atoms with Gasteiger partial charge in [0.05, 0.1) is 18.9 Å². The second kappa shape index (κ2) is 6.64. The van der Waals surface area contributed by atoms with E-state index in [-0.39, 0.29) is 5.66 Å². The van der Waals surface area contributed by atoms with Gasteiger partial charge in [0.15, 0.2) is 0 Å². The molecule has 1 heterocycles. The van der Waals surface area contributed by atoms with Gasteiger partial charge in [0.1, 0.15) is 0 Å². The van der Waals surface area contributed by atoms with Crippen LogP contribution in [0.5, 0.6) is 0 Å². The lowest BCUT2D eigenvalue weighted by Gasteiger charge is -2.23. The molecule has 1 aromatic rings. The van der Waals surface area contributed by atoms with Gasteiger partial charge in [0.2, 0.25) is 0 Å². The summed E-state index contributed by atoms with van der Waals surface area (Å²) in [4.78, 5) is 4.06. The van der Waals surface area contributed by atoms with Crippen molar-refractivity contribution in [3.8, 4) is 0 Å². The van der Waals surface area contributed by atoms with Gasteiger partial charge >= 0.3 is 7.60 Å². The highest BCUT2D eigenvalue weighted by Crippen LogP contribution is 2.60. The van der Waals surface area contributed by atoms with E-state index < -0.39 is 7.60 Å². The Hall–Kier alpha value is -0.220. The molecule has 1 aromatic heterocycles. The van der Waals surface area contributed by atoms with Crippen LogP contribution in [0.25, 0.3) is 0 Å². The molecule has 6 heteroatoms. The van der Waals surface area contributed by atoms with Crippen molar-refractivity contribution in [3.63, 3.8) is 0 Å². The molecular formula is C11H17BrNO3P. The van der Waals surface area contributed by atoms with E-state index in [0.717, 1.165) is 10.0 Å². The fourth-order valence-corrected chi connectivity index (χ4v) is 3.59. The van der Waals surface area contributed by atoms with Crippen LogP contribution >= 0.6 is 23.5 Å². The van der Waals surface area contributed by atoms with Crippen molar-refractivity contribution >= 4 is 23.5 Å². The zero-order valence-corrected chi connectivity index (χ0v) is 12.7. The van der Waals surface area contributed by atoms with Crippen LogP contribution in [0.1, 0.15) is 32.0 Å². The summed E-state index contributed by atoms with van der Waals surface area (Å²) < 4.78 is 24.0. The van der Waals surface area contributed by atoms with Crippen LogP contribution in [0.4, 0.5) is 0 Å². The largest absolute Gasteiger partial charge is 0.337 e. The van der Waals surface area contributed by atoms with Crippen LogP contribution in [-0.4, -0.2) is 18.2 Å². The van der Waals surface area contributed by atoms with Crippen LogP contribution in [0.15, 0.2) is 22.9 Å². The minimum absolute atomic E-state index is 0.326. The van der Waals surface area contributed by atoms with Crippen molar-refractivity contribution in [1.82, 2.24) is 4.98 Å². The fourth-order valence-electron chi connectivity index (χ4n) is 1.46. The van der Waals surface area contributed by atoms with Gasteiger partial charge in [-0.25, -0.2) is 0 Å². The van der Waals surface area contributed by atoms with E-state index in [1.165, 1.54) is 0 Å². The van der Waals surface area contributed by atoms with Gasteiger partial charge in [-0.15, -0.1) is 0 Å². The topological polar surface area (TPSA) is 48.4 Å². The Labute approximate surface area is 110 Å². The summed E-state index contributed by atoms with van der Waals surface area (Å²) >= 11 is 3.34. The zero-order valence-electron chi connectivity index (χ0n) is 10.2. The molecule has 0 N–H and O–H groups in total. The highest BCUT2D eigenvalue weighted by molar-refractivity contribution is 9.10. The van der Waals surface area contributed by atoms with E-state index in [0.29, 0.717) is 13.2 Å². The number of hydrogen-bond donors (Lipinski definition) is 0. The molecule has 1 rings (SSSR count). The molecular weight excluding hydrogens is 305 g/mol. The fraction of sp³-hybridized carbons (Fsp3) is 0.545. The Morgan fingerprint density at radius 3 is 2.41 bits per heavy atom. The SMILES string of the molecule is CCOP(=O)(OCC)[C@H](C)c1cncc(Br)c1. The second-order valence-corrected chi connectivity index (χ2v) is 6.77. The third-order valence-corrected chi connectivity index (χ3v) is 5.22. The van der Waals surface area contributed by atoms with Crippen molar-refractivity contribution in [2.75, 3.05) is 13.2 Å². The standard InChI is InChI=1S/C11H17BrNO3P/c1-4-15-17(14,16-5-2)9(3)10-6-11(12)8-13-7-10/h6-9H,4-5H2,1-3H3/t9-/m1/s1. The van der Waals surface area contributed by atoms with Crippen molar-refractivity contribution in [2.24, 2.45) is 0 Å². The molecule has 17 heavy (non-hydrogen) atoms. The van der Waals surface area contributed by atoms with Gasteiger partial charge in [0.25, 0.3) is 0 Å². The first-order valence-corrected chi connectivity index (χ1v) is 7.93. The van der Waals surface area contributed by atoms with Crippen molar-refractivity contribution in [3.05, 3.63) is 28.5 Å². The summed E-state index contributed by atoms with van der Waals surface area (Å²) in [6.07, 6.45) is 3.36. The van der Waals surface area contributed by atoms with Gasteiger partial charge in [-0.3, -0.25) is 9.55 Å². The number of aromatic nitrogens is 1. The van der Waals surface area contributed by atoms with Gasteiger partial charge < -0.3 is 9.05 Å². The first kappa shape index (κ1) is 14.8. The molecule has 0 saturated carbocycles. The summed E-state index contributed by atoms with van der Waals surface area (Å²) in [6, 6.07) is 1.88. The highest BCUT2D eigenvalue weighted by atomic mass is 79.9. The normalized spacial score (nSPS) is 13.6. The van der Waals surface area contributed by atoms with Gasteiger partial charge in [-0.2, -0.15) is 0 Å². The average Bonchev–Trinajstić information content (AvgIpc) is 2.28. The molecule has 0 aliphatic carbocycles. The lowest BCUT2D eigenvalue weighted by Crippen LogP contribution is -2.04. The summed E-state index contributed by atoms with van der Waals surface area (Å²) in [5.74, 6) is 0. The molecule has 4 nitrogen and oxygen atoms in total. The number of nitrogens with zero attached hydrogens (tertiary/aromatic N) is 1. The van der Waals surface area contributed by atoms with Gasteiger partial charge in [0, 0.05) is 16.9 Å². The minimum atomic E-state index is -3.11. The Kier molecular flexibility index (Phi) is 5.80. The third-order valence-electron chi connectivity index (χ3n) is 2.30. The van der Waals surface area contributed by atoms with Gasteiger partial charge in [-0.05, 0) is 48.3 Å². The highest BCUT2D eigenvalue weighted by Gasteiger charge is 2.33. The molecule has 1 atom stereocenters. The molecule has 0 unspecified atom stereocenters. The molecule has 0 bridgehead atoms. The molecule has 0 spiro atoms. The first-order valence-electron chi connectivity index (χ1n) is 5.52. The van der Waals surface area contributed by atoms with Crippen LogP contribution in [0.2, 0.25) is 0 Å². The predicted octanol–water partition coefficient (Wildman–Crippen LogP) is 4.17. The van der Waals surface area contributed by atoms with Gasteiger partial charge in [-0.1, -0.05) is 0 Å². The van der Waals surface area contributed by atoms with Crippen LogP contribution in [-0.2, 0) is 13.6 Å². The Morgan fingerprint density at radius 2 is 1.94 bits per heavy atom. The van der Waals surface area contributed by atoms with E-state index in [1.807, 2.05) is 13.0 Å². The van der Waals surface area contributed by atoms with Crippen LogP contribution in [0, 0.1) is 0 Å². The molecule has 96 valence electrons. The van der Waals surface area contributed by atoms with E-state index in [4.69, 9.17) is 9.05 Å². The molecule has 0 amide bonds. The number of pyridine rings is 1. The molecule has 0 aliphatic rings. The number of rotatable bonds is 6. The molecule has 0 aliphatic heterocycles. The predicted molar refractivity (Wildman–Crippen MR) is 71.2 cm³/mol.